The Morgan fingerprint density at radius 3 is 1.65 bits per heavy atom. The fourth-order valence-corrected chi connectivity index (χ4v) is 2.69. The molecule has 0 saturated carbocycles. The lowest BCUT2D eigenvalue weighted by Crippen LogP contribution is -2.43. The Labute approximate surface area is 128 Å². The molecule has 122 valence electrons. The zero-order valence-corrected chi connectivity index (χ0v) is 14.8. The molecule has 0 bridgehead atoms. The van der Waals surface area contributed by atoms with Crippen molar-refractivity contribution in [2.75, 3.05) is 27.2 Å². The van der Waals surface area contributed by atoms with E-state index >= 15 is 0 Å². The maximum Gasteiger partial charge on any atom is 0.0797 e. The summed E-state index contributed by atoms with van der Waals surface area (Å²) in [4.78, 5) is 0. The molecular weight excluding hydrogens is 244 g/mol. The maximum atomic E-state index is 5.84. The summed E-state index contributed by atoms with van der Waals surface area (Å²) in [5, 5.41) is 0. The fourth-order valence-electron chi connectivity index (χ4n) is 2.69. The standard InChI is InChI=1S/C18H41N2/c1-5-6-7-8-9-10-11-12-13-14-16-20(3,4)17-15-18(2)19/h18H,5-17,19H2,1-4H3/q+1. The predicted molar refractivity (Wildman–Crippen MR) is 92.0 cm³/mol. The molecule has 0 aromatic carbocycles. The summed E-state index contributed by atoms with van der Waals surface area (Å²) >= 11 is 0. The fraction of sp³-hybridized carbons (Fsp3) is 1.00. The smallest absolute Gasteiger partial charge is 0.0797 e. The van der Waals surface area contributed by atoms with Gasteiger partial charge in [0.1, 0.15) is 0 Å². The summed E-state index contributed by atoms with van der Waals surface area (Å²) in [5.41, 5.74) is 5.84. The average Bonchev–Trinajstić information content (AvgIpc) is 2.39. The molecule has 1 atom stereocenters. The first-order chi connectivity index (χ1) is 9.48. The van der Waals surface area contributed by atoms with E-state index in [2.05, 4.69) is 27.9 Å². The second-order valence-corrected chi connectivity index (χ2v) is 7.33. The molecule has 0 saturated heterocycles. The van der Waals surface area contributed by atoms with E-state index in [-0.39, 0.29) is 0 Å². The SMILES string of the molecule is CCCCCCCCCCCC[N+](C)(C)CCC(C)N. The van der Waals surface area contributed by atoms with Crippen LogP contribution in [-0.2, 0) is 0 Å². The third-order valence-corrected chi connectivity index (χ3v) is 4.31. The van der Waals surface area contributed by atoms with Crippen LogP contribution < -0.4 is 5.73 Å². The van der Waals surface area contributed by atoms with Crippen LogP contribution in [0.2, 0.25) is 0 Å². The molecule has 0 radical (unpaired) electrons. The minimum absolute atomic E-state index is 0.347. The van der Waals surface area contributed by atoms with Crippen molar-refractivity contribution in [1.29, 1.82) is 0 Å². The van der Waals surface area contributed by atoms with Crippen LogP contribution in [0.1, 0.15) is 84.5 Å². The molecule has 2 N–H and O–H groups in total. The van der Waals surface area contributed by atoms with E-state index in [4.69, 9.17) is 5.73 Å². The minimum Gasteiger partial charge on any atom is -0.328 e. The Morgan fingerprint density at radius 1 is 0.750 bits per heavy atom. The average molecular weight is 286 g/mol. The van der Waals surface area contributed by atoms with Gasteiger partial charge in [-0.15, -0.1) is 0 Å². The Bertz CT molecular complexity index is 200. The van der Waals surface area contributed by atoms with E-state index < -0.39 is 0 Å². The predicted octanol–water partition coefficient (Wildman–Crippen LogP) is 4.72. The van der Waals surface area contributed by atoms with Gasteiger partial charge in [-0.05, 0) is 19.8 Å². The highest BCUT2D eigenvalue weighted by molar-refractivity contribution is 4.52. The Morgan fingerprint density at radius 2 is 1.20 bits per heavy atom. The van der Waals surface area contributed by atoms with E-state index in [9.17, 15) is 0 Å². The van der Waals surface area contributed by atoms with E-state index in [1.807, 2.05) is 0 Å². The van der Waals surface area contributed by atoms with Crippen LogP contribution in [0.15, 0.2) is 0 Å². The summed E-state index contributed by atoms with van der Waals surface area (Å²) in [7, 11) is 4.69. The van der Waals surface area contributed by atoms with Crippen LogP contribution in [0.25, 0.3) is 0 Å². The largest absolute Gasteiger partial charge is 0.328 e. The first kappa shape index (κ1) is 19.9. The topological polar surface area (TPSA) is 26.0 Å². The first-order valence-corrected chi connectivity index (χ1v) is 9.05. The number of unbranched alkanes of at least 4 members (excludes halogenated alkanes) is 9. The minimum atomic E-state index is 0.347. The molecule has 0 rings (SSSR count). The van der Waals surface area contributed by atoms with Gasteiger partial charge in [0.2, 0.25) is 0 Å². The van der Waals surface area contributed by atoms with Gasteiger partial charge in [-0.2, -0.15) is 0 Å². The molecule has 2 nitrogen and oxygen atoms in total. The highest BCUT2D eigenvalue weighted by Gasteiger charge is 2.14. The van der Waals surface area contributed by atoms with Gasteiger partial charge in [-0.1, -0.05) is 58.3 Å². The number of nitrogens with two attached hydrogens (primary N) is 1. The van der Waals surface area contributed by atoms with Crippen LogP contribution in [-0.4, -0.2) is 37.7 Å². The second-order valence-electron chi connectivity index (χ2n) is 7.33. The van der Waals surface area contributed by atoms with Gasteiger partial charge in [-0.25, -0.2) is 0 Å². The number of hydrogen-bond donors (Lipinski definition) is 1. The van der Waals surface area contributed by atoms with Gasteiger partial charge < -0.3 is 10.2 Å². The van der Waals surface area contributed by atoms with E-state index in [0.717, 1.165) is 10.9 Å². The van der Waals surface area contributed by atoms with Crippen molar-refractivity contribution >= 4 is 0 Å². The monoisotopic (exact) mass is 285 g/mol. The summed E-state index contributed by atoms with van der Waals surface area (Å²) in [5.74, 6) is 0. The molecule has 0 amide bonds. The summed E-state index contributed by atoms with van der Waals surface area (Å²) in [6.45, 7) is 6.92. The lowest BCUT2D eigenvalue weighted by atomic mass is 10.1. The molecule has 0 aromatic heterocycles. The zero-order valence-electron chi connectivity index (χ0n) is 14.8. The molecule has 0 heterocycles. The van der Waals surface area contributed by atoms with Gasteiger partial charge in [0, 0.05) is 12.5 Å². The Hall–Kier alpha value is -0.0800. The summed E-state index contributed by atoms with van der Waals surface area (Å²) in [6.07, 6.45) is 15.4. The normalized spacial score (nSPS) is 13.7. The second kappa shape index (κ2) is 12.6. The zero-order chi connectivity index (χ0) is 15.3. The van der Waals surface area contributed by atoms with Crippen molar-refractivity contribution in [3.63, 3.8) is 0 Å². The number of nitrogens with zero attached hydrogens (tertiary/aromatic N) is 1. The molecular formula is C18H41N2+. The molecule has 0 fully saturated rings. The van der Waals surface area contributed by atoms with Crippen molar-refractivity contribution in [2.24, 2.45) is 5.73 Å². The van der Waals surface area contributed by atoms with Gasteiger partial charge in [-0.3, -0.25) is 0 Å². The van der Waals surface area contributed by atoms with Gasteiger partial charge in [0.15, 0.2) is 0 Å². The van der Waals surface area contributed by atoms with Crippen molar-refractivity contribution in [2.45, 2.75) is 90.5 Å². The third kappa shape index (κ3) is 14.3. The summed E-state index contributed by atoms with van der Waals surface area (Å²) < 4.78 is 1.14. The Balaban J connectivity index is 3.30. The highest BCUT2D eigenvalue weighted by atomic mass is 15.3. The number of quaternary nitrogens is 1. The quantitative estimate of drug-likeness (QED) is 0.363. The number of rotatable bonds is 14. The van der Waals surface area contributed by atoms with E-state index in [0.29, 0.717) is 6.04 Å². The van der Waals surface area contributed by atoms with E-state index in [1.54, 1.807) is 0 Å². The van der Waals surface area contributed by atoms with Crippen LogP contribution in [0.5, 0.6) is 0 Å². The first-order valence-electron chi connectivity index (χ1n) is 9.05. The third-order valence-electron chi connectivity index (χ3n) is 4.31. The van der Waals surface area contributed by atoms with Crippen LogP contribution in [0, 0.1) is 0 Å². The molecule has 0 aliphatic carbocycles. The van der Waals surface area contributed by atoms with Crippen molar-refractivity contribution in [1.82, 2.24) is 0 Å². The van der Waals surface area contributed by atoms with Gasteiger partial charge in [0.25, 0.3) is 0 Å². The van der Waals surface area contributed by atoms with Gasteiger partial charge >= 0.3 is 0 Å². The van der Waals surface area contributed by atoms with Gasteiger partial charge in [0.05, 0.1) is 27.2 Å². The maximum absolute atomic E-state index is 5.84. The van der Waals surface area contributed by atoms with Crippen molar-refractivity contribution < 1.29 is 4.48 Å². The van der Waals surface area contributed by atoms with Crippen LogP contribution in [0.3, 0.4) is 0 Å². The van der Waals surface area contributed by atoms with E-state index in [1.165, 1.54) is 77.3 Å². The van der Waals surface area contributed by atoms with Crippen molar-refractivity contribution in [3.05, 3.63) is 0 Å². The molecule has 0 aliphatic heterocycles. The molecule has 20 heavy (non-hydrogen) atoms. The molecule has 0 aliphatic rings. The molecule has 2 heteroatoms. The lowest BCUT2D eigenvalue weighted by molar-refractivity contribution is -0.890. The molecule has 0 aromatic rings. The lowest BCUT2D eigenvalue weighted by Gasteiger charge is -2.30. The Kier molecular flexibility index (Phi) is 12.6. The van der Waals surface area contributed by atoms with Crippen molar-refractivity contribution in [3.8, 4) is 0 Å². The highest BCUT2D eigenvalue weighted by Crippen LogP contribution is 2.12. The number of hydrogen-bond acceptors (Lipinski definition) is 1. The van der Waals surface area contributed by atoms with Crippen LogP contribution >= 0.6 is 0 Å². The molecule has 0 spiro atoms. The summed E-state index contributed by atoms with van der Waals surface area (Å²) in [6, 6.07) is 0.347. The molecule has 1 unspecified atom stereocenters. The van der Waals surface area contributed by atoms with Crippen LogP contribution in [0.4, 0.5) is 0 Å².